The molecule has 0 saturated carbocycles. The number of nitriles is 1. The van der Waals surface area contributed by atoms with E-state index in [9.17, 15) is 4.79 Å². The summed E-state index contributed by atoms with van der Waals surface area (Å²) in [6.45, 7) is 0.401. The standard InChI is InChI=1S/C10H11N3O2/c1-15-9(14)4-6-13-10-8(7-11)3-2-5-12-10/h2-3,5H,4,6H2,1H3,(H,12,13). The van der Waals surface area contributed by atoms with E-state index in [4.69, 9.17) is 5.26 Å². The molecular weight excluding hydrogens is 194 g/mol. The van der Waals surface area contributed by atoms with E-state index < -0.39 is 0 Å². The Kier molecular flexibility index (Phi) is 4.10. The summed E-state index contributed by atoms with van der Waals surface area (Å²) >= 11 is 0. The van der Waals surface area contributed by atoms with Gasteiger partial charge in [0.2, 0.25) is 0 Å². The number of methoxy groups -OCH3 is 1. The predicted octanol–water partition coefficient (Wildman–Crippen LogP) is 0.928. The lowest BCUT2D eigenvalue weighted by molar-refractivity contribution is -0.140. The lowest BCUT2D eigenvalue weighted by Crippen LogP contribution is -2.11. The fraction of sp³-hybridized carbons (Fsp3) is 0.300. The third kappa shape index (κ3) is 3.27. The molecule has 0 radical (unpaired) electrons. The van der Waals surface area contributed by atoms with Gasteiger partial charge in [-0.05, 0) is 12.1 Å². The Balaban J connectivity index is 2.51. The second kappa shape index (κ2) is 5.60. The van der Waals surface area contributed by atoms with Crippen molar-refractivity contribution >= 4 is 11.8 Å². The SMILES string of the molecule is COC(=O)CCNc1ncccc1C#N. The quantitative estimate of drug-likeness (QED) is 0.740. The van der Waals surface area contributed by atoms with E-state index in [2.05, 4.69) is 15.0 Å². The summed E-state index contributed by atoms with van der Waals surface area (Å²) in [5.74, 6) is 0.195. The summed E-state index contributed by atoms with van der Waals surface area (Å²) in [6, 6.07) is 5.35. The van der Waals surface area contributed by atoms with Crippen molar-refractivity contribution in [3.63, 3.8) is 0 Å². The topological polar surface area (TPSA) is 75.0 Å². The number of nitrogens with one attached hydrogen (secondary N) is 1. The van der Waals surface area contributed by atoms with Crippen LogP contribution in [0.25, 0.3) is 0 Å². The molecule has 0 amide bonds. The van der Waals surface area contributed by atoms with Crippen LogP contribution in [0.15, 0.2) is 18.3 Å². The molecule has 0 bridgehead atoms. The molecular formula is C10H11N3O2. The zero-order chi connectivity index (χ0) is 11.1. The van der Waals surface area contributed by atoms with E-state index in [-0.39, 0.29) is 12.4 Å². The van der Waals surface area contributed by atoms with Gasteiger partial charge in [-0.1, -0.05) is 0 Å². The summed E-state index contributed by atoms with van der Waals surface area (Å²) in [4.78, 5) is 14.8. The number of carbonyl (C=O) groups excluding carboxylic acids is 1. The molecule has 0 fully saturated rings. The van der Waals surface area contributed by atoms with E-state index in [0.717, 1.165) is 0 Å². The maximum Gasteiger partial charge on any atom is 0.307 e. The lowest BCUT2D eigenvalue weighted by Gasteiger charge is -2.05. The smallest absolute Gasteiger partial charge is 0.307 e. The van der Waals surface area contributed by atoms with Gasteiger partial charge in [0, 0.05) is 12.7 Å². The second-order valence-corrected chi connectivity index (χ2v) is 2.76. The molecule has 1 aromatic rings. The number of rotatable bonds is 4. The van der Waals surface area contributed by atoms with Gasteiger partial charge in [0.15, 0.2) is 0 Å². The van der Waals surface area contributed by atoms with Gasteiger partial charge in [0.25, 0.3) is 0 Å². The average Bonchev–Trinajstić information content (AvgIpc) is 2.29. The molecule has 0 aromatic carbocycles. The Bertz CT molecular complexity index is 384. The van der Waals surface area contributed by atoms with Crippen LogP contribution in [0.3, 0.4) is 0 Å². The predicted molar refractivity (Wildman–Crippen MR) is 54.1 cm³/mol. The molecule has 5 heteroatoms. The third-order valence-corrected chi connectivity index (χ3v) is 1.78. The number of anilines is 1. The minimum atomic E-state index is -0.295. The molecule has 15 heavy (non-hydrogen) atoms. The molecule has 5 nitrogen and oxygen atoms in total. The number of nitrogens with zero attached hydrogens (tertiary/aromatic N) is 2. The molecule has 0 aliphatic carbocycles. The molecule has 0 aliphatic rings. The molecule has 1 N–H and O–H groups in total. The molecule has 0 aliphatic heterocycles. The first-order valence-electron chi connectivity index (χ1n) is 4.43. The maximum absolute atomic E-state index is 10.8. The molecule has 0 spiro atoms. The van der Waals surface area contributed by atoms with Crippen LogP contribution in [-0.4, -0.2) is 24.6 Å². The number of esters is 1. The van der Waals surface area contributed by atoms with Crippen LogP contribution in [0.2, 0.25) is 0 Å². The largest absolute Gasteiger partial charge is 0.469 e. The van der Waals surface area contributed by atoms with E-state index in [1.54, 1.807) is 18.3 Å². The molecule has 0 unspecified atom stereocenters. The van der Waals surface area contributed by atoms with Gasteiger partial charge < -0.3 is 10.1 Å². The van der Waals surface area contributed by atoms with Crippen LogP contribution in [0.5, 0.6) is 0 Å². The number of carbonyl (C=O) groups is 1. The van der Waals surface area contributed by atoms with E-state index in [1.165, 1.54) is 7.11 Å². The highest BCUT2D eigenvalue weighted by molar-refractivity contribution is 5.69. The van der Waals surface area contributed by atoms with Crippen LogP contribution < -0.4 is 5.32 Å². The van der Waals surface area contributed by atoms with Crippen LogP contribution in [0.1, 0.15) is 12.0 Å². The van der Waals surface area contributed by atoms with Crippen molar-refractivity contribution < 1.29 is 9.53 Å². The molecule has 1 rings (SSSR count). The lowest BCUT2D eigenvalue weighted by atomic mass is 10.3. The number of hydrogen-bond donors (Lipinski definition) is 1. The van der Waals surface area contributed by atoms with Gasteiger partial charge in [0.1, 0.15) is 11.9 Å². The Labute approximate surface area is 87.7 Å². The number of pyridine rings is 1. The van der Waals surface area contributed by atoms with Crippen molar-refractivity contribution in [2.24, 2.45) is 0 Å². The fourth-order valence-corrected chi connectivity index (χ4v) is 1.02. The minimum Gasteiger partial charge on any atom is -0.469 e. The van der Waals surface area contributed by atoms with Crippen molar-refractivity contribution in [2.75, 3.05) is 19.0 Å². The number of hydrogen-bond acceptors (Lipinski definition) is 5. The molecule has 1 aromatic heterocycles. The highest BCUT2D eigenvalue weighted by Crippen LogP contribution is 2.09. The monoisotopic (exact) mass is 205 g/mol. The van der Waals surface area contributed by atoms with Gasteiger partial charge in [-0.3, -0.25) is 4.79 Å². The normalized spacial score (nSPS) is 9.07. The van der Waals surface area contributed by atoms with Gasteiger partial charge in [-0.25, -0.2) is 4.98 Å². The molecule has 78 valence electrons. The van der Waals surface area contributed by atoms with Gasteiger partial charge in [-0.15, -0.1) is 0 Å². The van der Waals surface area contributed by atoms with Crippen molar-refractivity contribution in [3.8, 4) is 6.07 Å². The first-order chi connectivity index (χ1) is 7.27. The van der Waals surface area contributed by atoms with Crippen molar-refractivity contribution in [2.45, 2.75) is 6.42 Å². The Morgan fingerprint density at radius 3 is 3.20 bits per heavy atom. The van der Waals surface area contributed by atoms with Crippen molar-refractivity contribution in [3.05, 3.63) is 23.9 Å². The second-order valence-electron chi connectivity index (χ2n) is 2.76. The van der Waals surface area contributed by atoms with E-state index in [0.29, 0.717) is 17.9 Å². The van der Waals surface area contributed by atoms with Crippen LogP contribution in [0, 0.1) is 11.3 Å². The van der Waals surface area contributed by atoms with Gasteiger partial charge in [0.05, 0.1) is 19.1 Å². The Morgan fingerprint density at radius 1 is 1.73 bits per heavy atom. The van der Waals surface area contributed by atoms with E-state index in [1.807, 2.05) is 6.07 Å². The molecule has 0 saturated heterocycles. The van der Waals surface area contributed by atoms with Gasteiger partial charge in [-0.2, -0.15) is 5.26 Å². The highest BCUT2D eigenvalue weighted by Gasteiger charge is 2.03. The highest BCUT2D eigenvalue weighted by atomic mass is 16.5. The minimum absolute atomic E-state index is 0.248. The Hall–Kier alpha value is -2.09. The first-order valence-corrected chi connectivity index (χ1v) is 4.43. The Morgan fingerprint density at radius 2 is 2.53 bits per heavy atom. The van der Waals surface area contributed by atoms with Crippen LogP contribution in [-0.2, 0) is 9.53 Å². The van der Waals surface area contributed by atoms with E-state index >= 15 is 0 Å². The summed E-state index contributed by atoms with van der Waals surface area (Å²) in [7, 11) is 1.34. The third-order valence-electron chi connectivity index (χ3n) is 1.78. The zero-order valence-corrected chi connectivity index (χ0v) is 8.36. The number of aromatic nitrogens is 1. The summed E-state index contributed by atoms with van der Waals surface area (Å²) < 4.78 is 4.48. The van der Waals surface area contributed by atoms with Crippen LogP contribution in [0.4, 0.5) is 5.82 Å². The molecule has 0 atom stereocenters. The first kappa shape index (κ1) is 11.0. The zero-order valence-electron chi connectivity index (χ0n) is 8.36. The average molecular weight is 205 g/mol. The van der Waals surface area contributed by atoms with Crippen molar-refractivity contribution in [1.29, 1.82) is 5.26 Å². The summed E-state index contributed by atoms with van der Waals surface area (Å²) in [5.41, 5.74) is 0.461. The van der Waals surface area contributed by atoms with Crippen molar-refractivity contribution in [1.82, 2.24) is 4.98 Å². The summed E-state index contributed by atoms with van der Waals surface area (Å²) in [6.07, 6.45) is 1.83. The number of ether oxygens (including phenoxy) is 1. The maximum atomic E-state index is 10.8. The molecule has 1 heterocycles. The fourth-order valence-electron chi connectivity index (χ4n) is 1.02. The van der Waals surface area contributed by atoms with Crippen LogP contribution >= 0.6 is 0 Å². The van der Waals surface area contributed by atoms with Gasteiger partial charge >= 0.3 is 5.97 Å². The summed E-state index contributed by atoms with van der Waals surface area (Å²) in [5, 5.41) is 11.6.